The van der Waals surface area contributed by atoms with Crippen molar-refractivity contribution in [2.75, 3.05) is 40.1 Å². The average Bonchev–Trinajstić information content (AvgIpc) is 2.47. The van der Waals surface area contributed by atoms with Crippen LogP contribution < -0.4 is 10.1 Å². The minimum absolute atomic E-state index is 0.200. The number of halogens is 1. The van der Waals surface area contributed by atoms with Gasteiger partial charge in [-0.25, -0.2) is 0 Å². The summed E-state index contributed by atoms with van der Waals surface area (Å²) in [6.07, 6.45) is 0.903. The Morgan fingerprint density at radius 3 is 2.71 bits per heavy atom. The van der Waals surface area contributed by atoms with Crippen molar-refractivity contribution >= 4 is 11.6 Å². The van der Waals surface area contributed by atoms with E-state index in [2.05, 4.69) is 19.2 Å². The molecule has 1 aromatic rings. The maximum Gasteiger partial charge on any atom is 0.124 e. The maximum absolute atomic E-state index is 6.07. The first-order valence-electron chi connectivity index (χ1n) is 7.41. The lowest BCUT2D eigenvalue weighted by atomic mass is 10.1. The minimum atomic E-state index is 0.200. The molecule has 5 heteroatoms. The minimum Gasteiger partial charge on any atom is -0.491 e. The van der Waals surface area contributed by atoms with Crippen molar-refractivity contribution < 1.29 is 14.2 Å². The summed E-state index contributed by atoms with van der Waals surface area (Å²) >= 11 is 6.07. The first kappa shape index (κ1) is 18.2. The number of nitrogens with one attached hydrogen (secondary N) is 1. The largest absolute Gasteiger partial charge is 0.491 e. The molecule has 1 aromatic carbocycles. The Balaban J connectivity index is 2.43. The summed E-state index contributed by atoms with van der Waals surface area (Å²) in [5, 5.41) is 4.09. The lowest BCUT2D eigenvalue weighted by Gasteiger charge is -2.18. The van der Waals surface area contributed by atoms with Gasteiger partial charge in [0.25, 0.3) is 0 Å². The molecule has 1 rings (SSSR count). The zero-order valence-electron chi connectivity index (χ0n) is 13.2. The fourth-order valence-corrected chi connectivity index (χ4v) is 2.20. The third-order valence-electron chi connectivity index (χ3n) is 3.07. The Hall–Kier alpha value is -0.810. The standard InChI is InChI=1S/C16H26ClNO3/c1-4-18-13(2)15-12-14(17)6-7-16(15)21-11-10-20-9-5-8-19-3/h6-7,12-13,18H,4-5,8-11H2,1-3H3. The molecule has 4 nitrogen and oxygen atoms in total. The van der Waals surface area contributed by atoms with E-state index in [1.54, 1.807) is 7.11 Å². The summed E-state index contributed by atoms with van der Waals surface area (Å²) in [7, 11) is 1.69. The fourth-order valence-electron chi connectivity index (χ4n) is 2.02. The van der Waals surface area contributed by atoms with Gasteiger partial charge in [0.1, 0.15) is 12.4 Å². The smallest absolute Gasteiger partial charge is 0.124 e. The second kappa shape index (κ2) is 10.9. The summed E-state index contributed by atoms with van der Waals surface area (Å²) < 4.78 is 16.3. The predicted molar refractivity (Wildman–Crippen MR) is 86.4 cm³/mol. The van der Waals surface area contributed by atoms with Crippen LogP contribution in [0.1, 0.15) is 31.9 Å². The normalized spacial score (nSPS) is 12.4. The molecule has 21 heavy (non-hydrogen) atoms. The van der Waals surface area contributed by atoms with Crippen LogP contribution in [0.5, 0.6) is 5.75 Å². The molecule has 0 saturated heterocycles. The van der Waals surface area contributed by atoms with Gasteiger partial charge in [0, 0.05) is 37.0 Å². The molecule has 0 heterocycles. The SMILES string of the molecule is CCNC(C)c1cc(Cl)ccc1OCCOCCCOC. The third-order valence-corrected chi connectivity index (χ3v) is 3.31. The van der Waals surface area contributed by atoms with Crippen molar-refractivity contribution in [2.45, 2.75) is 26.3 Å². The van der Waals surface area contributed by atoms with Crippen LogP contribution in [-0.2, 0) is 9.47 Å². The molecule has 0 aliphatic heterocycles. The Kier molecular flexibility index (Phi) is 9.42. The van der Waals surface area contributed by atoms with Gasteiger partial charge in [0.05, 0.1) is 6.61 Å². The van der Waals surface area contributed by atoms with Crippen molar-refractivity contribution in [1.29, 1.82) is 0 Å². The van der Waals surface area contributed by atoms with E-state index in [1.165, 1.54) is 0 Å². The highest BCUT2D eigenvalue weighted by molar-refractivity contribution is 6.30. The summed E-state index contributed by atoms with van der Waals surface area (Å²) in [6.45, 7) is 7.59. The fraction of sp³-hybridized carbons (Fsp3) is 0.625. The summed E-state index contributed by atoms with van der Waals surface area (Å²) in [5.41, 5.74) is 1.07. The van der Waals surface area contributed by atoms with Crippen molar-refractivity contribution in [3.05, 3.63) is 28.8 Å². The number of methoxy groups -OCH3 is 1. The monoisotopic (exact) mass is 315 g/mol. The van der Waals surface area contributed by atoms with E-state index in [0.29, 0.717) is 19.8 Å². The molecule has 0 spiro atoms. The van der Waals surface area contributed by atoms with E-state index in [0.717, 1.165) is 35.9 Å². The Morgan fingerprint density at radius 1 is 1.19 bits per heavy atom. The van der Waals surface area contributed by atoms with E-state index in [4.69, 9.17) is 25.8 Å². The maximum atomic E-state index is 6.07. The van der Waals surface area contributed by atoms with E-state index < -0.39 is 0 Å². The molecule has 0 fully saturated rings. The summed E-state index contributed by atoms with van der Waals surface area (Å²) in [4.78, 5) is 0. The number of ether oxygens (including phenoxy) is 3. The molecule has 0 bridgehead atoms. The van der Waals surface area contributed by atoms with Crippen LogP contribution in [-0.4, -0.2) is 40.1 Å². The molecule has 0 saturated carbocycles. The van der Waals surface area contributed by atoms with Gasteiger partial charge in [0.2, 0.25) is 0 Å². The van der Waals surface area contributed by atoms with Gasteiger partial charge < -0.3 is 19.5 Å². The lowest BCUT2D eigenvalue weighted by Crippen LogP contribution is -2.19. The van der Waals surface area contributed by atoms with Crippen LogP contribution in [0, 0.1) is 0 Å². The van der Waals surface area contributed by atoms with Crippen molar-refractivity contribution in [1.82, 2.24) is 5.32 Å². The Bertz CT molecular complexity index is 401. The second-order valence-corrected chi connectivity index (χ2v) is 5.21. The van der Waals surface area contributed by atoms with Gasteiger partial charge in [-0.2, -0.15) is 0 Å². The number of benzene rings is 1. The topological polar surface area (TPSA) is 39.7 Å². The van der Waals surface area contributed by atoms with E-state index in [1.807, 2.05) is 18.2 Å². The molecule has 0 radical (unpaired) electrons. The van der Waals surface area contributed by atoms with Gasteiger partial charge in [-0.1, -0.05) is 18.5 Å². The van der Waals surface area contributed by atoms with Gasteiger partial charge in [-0.15, -0.1) is 0 Å². The molecule has 1 N–H and O–H groups in total. The van der Waals surface area contributed by atoms with E-state index >= 15 is 0 Å². The average molecular weight is 316 g/mol. The predicted octanol–water partition coefficient (Wildman–Crippen LogP) is 3.44. The molecular formula is C16H26ClNO3. The molecule has 0 aromatic heterocycles. The van der Waals surface area contributed by atoms with Crippen LogP contribution in [0.15, 0.2) is 18.2 Å². The highest BCUT2D eigenvalue weighted by Crippen LogP contribution is 2.28. The van der Waals surface area contributed by atoms with Crippen LogP contribution in [0.4, 0.5) is 0 Å². The highest BCUT2D eigenvalue weighted by atomic mass is 35.5. The zero-order valence-corrected chi connectivity index (χ0v) is 13.9. The number of rotatable bonds is 11. The van der Waals surface area contributed by atoms with Crippen molar-refractivity contribution in [3.8, 4) is 5.75 Å². The first-order valence-corrected chi connectivity index (χ1v) is 7.79. The highest BCUT2D eigenvalue weighted by Gasteiger charge is 2.11. The van der Waals surface area contributed by atoms with Crippen molar-refractivity contribution in [2.24, 2.45) is 0 Å². The van der Waals surface area contributed by atoms with Gasteiger partial charge in [0.15, 0.2) is 0 Å². The van der Waals surface area contributed by atoms with Crippen LogP contribution in [0.3, 0.4) is 0 Å². The Labute approximate surface area is 132 Å². The van der Waals surface area contributed by atoms with Crippen LogP contribution >= 0.6 is 11.6 Å². The molecule has 0 aliphatic rings. The molecule has 0 amide bonds. The molecule has 1 atom stereocenters. The summed E-state index contributed by atoms with van der Waals surface area (Å²) in [5.74, 6) is 0.855. The molecule has 1 unspecified atom stereocenters. The van der Waals surface area contributed by atoms with Crippen LogP contribution in [0.25, 0.3) is 0 Å². The molecule has 120 valence electrons. The van der Waals surface area contributed by atoms with Gasteiger partial charge in [-0.05, 0) is 38.1 Å². The van der Waals surface area contributed by atoms with Gasteiger partial charge >= 0.3 is 0 Å². The van der Waals surface area contributed by atoms with E-state index in [-0.39, 0.29) is 6.04 Å². The van der Waals surface area contributed by atoms with Crippen LogP contribution in [0.2, 0.25) is 5.02 Å². The lowest BCUT2D eigenvalue weighted by molar-refractivity contribution is 0.0803. The van der Waals surface area contributed by atoms with Gasteiger partial charge in [-0.3, -0.25) is 0 Å². The zero-order chi connectivity index (χ0) is 15.5. The molecular weight excluding hydrogens is 290 g/mol. The quantitative estimate of drug-likeness (QED) is 0.635. The number of hydrogen-bond acceptors (Lipinski definition) is 4. The summed E-state index contributed by atoms with van der Waals surface area (Å²) in [6, 6.07) is 5.91. The Morgan fingerprint density at radius 2 is 2.00 bits per heavy atom. The second-order valence-electron chi connectivity index (χ2n) is 4.77. The van der Waals surface area contributed by atoms with Crippen molar-refractivity contribution in [3.63, 3.8) is 0 Å². The number of hydrogen-bond donors (Lipinski definition) is 1. The van der Waals surface area contributed by atoms with E-state index in [9.17, 15) is 0 Å². The molecule has 0 aliphatic carbocycles. The first-order chi connectivity index (χ1) is 10.2. The third kappa shape index (κ3) is 7.14.